The number of hydrogen-bond donors (Lipinski definition) is 2. The molecule has 1 aromatic carbocycles. The summed E-state index contributed by atoms with van der Waals surface area (Å²) in [7, 11) is 0. The third-order valence-electron chi connectivity index (χ3n) is 4.68. The fourth-order valence-electron chi connectivity index (χ4n) is 3.16. The van der Waals surface area contributed by atoms with Gasteiger partial charge in [0.2, 0.25) is 0 Å². The molecule has 0 saturated heterocycles. The average Bonchev–Trinajstić information content (AvgIpc) is 2.72. The lowest BCUT2D eigenvalue weighted by atomic mass is 9.89. The van der Waals surface area contributed by atoms with E-state index in [1.165, 1.54) is 41.4 Å². The second-order valence-electron chi connectivity index (χ2n) is 6.78. The van der Waals surface area contributed by atoms with Crippen LogP contribution < -0.4 is 11.1 Å². The summed E-state index contributed by atoms with van der Waals surface area (Å²) in [4.78, 5) is 34.1. The number of likely N-dealkylation sites (N-methyl/N-ethyl adjacent to an activating group) is 1. The van der Waals surface area contributed by atoms with Crippen molar-refractivity contribution >= 4 is 23.3 Å². The maximum absolute atomic E-state index is 14.6. The molecule has 0 bridgehead atoms. The van der Waals surface area contributed by atoms with E-state index in [0.717, 1.165) is 0 Å². The van der Waals surface area contributed by atoms with Crippen LogP contribution >= 0.6 is 0 Å². The Morgan fingerprint density at radius 3 is 2.79 bits per heavy atom. The molecule has 1 aliphatic heterocycles. The number of pyridine rings is 1. The molecule has 0 radical (unpaired) electrons. The molecule has 8 nitrogen and oxygen atoms in total. The number of nitrogens with one attached hydrogen (secondary N) is 1. The van der Waals surface area contributed by atoms with Gasteiger partial charge in [0.1, 0.15) is 23.1 Å². The number of benzene rings is 1. The Kier molecular flexibility index (Phi) is 5.28. The molecule has 1 atom stereocenters. The predicted molar refractivity (Wildman–Crippen MR) is 105 cm³/mol. The second-order valence-corrected chi connectivity index (χ2v) is 6.78. The summed E-state index contributed by atoms with van der Waals surface area (Å²) in [6, 6.07) is 8.95. The number of nitrogens with zero attached hydrogens (tertiary/aromatic N) is 4. The summed E-state index contributed by atoms with van der Waals surface area (Å²) in [5, 5.41) is 11.5. The van der Waals surface area contributed by atoms with Gasteiger partial charge in [-0.1, -0.05) is 0 Å². The number of aliphatic imine (C=N–C) groups is 1. The second kappa shape index (κ2) is 7.67. The van der Waals surface area contributed by atoms with Crippen LogP contribution in [0.4, 0.5) is 10.1 Å². The first-order chi connectivity index (χ1) is 13.8. The summed E-state index contributed by atoms with van der Waals surface area (Å²) in [5.74, 6) is -1.60. The Labute approximate surface area is 166 Å². The molecule has 2 amide bonds. The molecule has 29 heavy (non-hydrogen) atoms. The molecule has 0 fully saturated rings. The van der Waals surface area contributed by atoms with Gasteiger partial charge in [-0.25, -0.2) is 9.37 Å². The molecule has 0 aliphatic carbocycles. The van der Waals surface area contributed by atoms with Crippen molar-refractivity contribution in [2.45, 2.75) is 19.4 Å². The summed E-state index contributed by atoms with van der Waals surface area (Å²) in [5.41, 5.74) is 5.66. The zero-order chi connectivity index (χ0) is 21.2. The molecule has 2 heterocycles. The Morgan fingerprint density at radius 2 is 2.17 bits per heavy atom. The topological polar surface area (TPSA) is 124 Å². The number of anilines is 1. The Morgan fingerprint density at radius 1 is 1.41 bits per heavy atom. The van der Waals surface area contributed by atoms with Crippen LogP contribution in [-0.2, 0) is 10.3 Å². The van der Waals surface area contributed by atoms with Crippen molar-refractivity contribution < 1.29 is 14.0 Å². The van der Waals surface area contributed by atoms with E-state index in [0.29, 0.717) is 17.8 Å². The average molecular weight is 394 g/mol. The molecule has 0 saturated carbocycles. The monoisotopic (exact) mass is 394 g/mol. The maximum atomic E-state index is 14.6. The van der Waals surface area contributed by atoms with Gasteiger partial charge in [0.25, 0.3) is 11.8 Å². The van der Waals surface area contributed by atoms with E-state index in [1.807, 2.05) is 6.07 Å². The number of halogens is 1. The van der Waals surface area contributed by atoms with Crippen LogP contribution in [-0.4, -0.2) is 40.6 Å². The zero-order valence-corrected chi connectivity index (χ0v) is 15.9. The first-order valence-electron chi connectivity index (χ1n) is 8.89. The van der Waals surface area contributed by atoms with E-state index in [-0.39, 0.29) is 29.5 Å². The fourth-order valence-corrected chi connectivity index (χ4v) is 3.16. The Balaban J connectivity index is 1.91. The number of aromatic nitrogens is 1. The maximum Gasteiger partial charge on any atom is 0.288 e. The minimum atomic E-state index is -1.09. The Bertz CT molecular complexity index is 1040. The lowest BCUT2D eigenvalue weighted by Crippen LogP contribution is -2.52. The van der Waals surface area contributed by atoms with Gasteiger partial charge in [0.15, 0.2) is 5.84 Å². The van der Waals surface area contributed by atoms with E-state index < -0.39 is 17.3 Å². The van der Waals surface area contributed by atoms with E-state index in [4.69, 9.17) is 11.0 Å². The zero-order valence-electron chi connectivity index (χ0n) is 15.9. The summed E-state index contributed by atoms with van der Waals surface area (Å²) < 4.78 is 14.6. The van der Waals surface area contributed by atoms with Crippen molar-refractivity contribution in [3.63, 3.8) is 0 Å². The predicted octanol–water partition coefficient (Wildman–Crippen LogP) is 1.78. The fraction of sp³-hybridized carbons (Fsp3) is 0.250. The van der Waals surface area contributed by atoms with Gasteiger partial charge in [-0.15, -0.1) is 0 Å². The number of amides is 2. The number of amidine groups is 1. The van der Waals surface area contributed by atoms with Crippen molar-refractivity contribution in [1.82, 2.24) is 9.88 Å². The lowest BCUT2D eigenvalue weighted by molar-refractivity contribution is -0.125. The van der Waals surface area contributed by atoms with Crippen LogP contribution in [0.1, 0.15) is 35.5 Å². The van der Waals surface area contributed by atoms with Gasteiger partial charge >= 0.3 is 0 Å². The van der Waals surface area contributed by atoms with Crippen molar-refractivity contribution in [3.8, 4) is 6.07 Å². The third-order valence-corrected chi connectivity index (χ3v) is 4.68. The molecule has 9 heteroatoms. The van der Waals surface area contributed by atoms with Crippen molar-refractivity contribution in [1.29, 1.82) is 5.26 Å². The van der Waals surface area contributed by atoms with Crippen molar-refractivity contribution in [3.05, 3.63) is 59.2 Å². The third kappa shape index (κ3) is 3.91. The molecular formula is C20H19FN6O2. The summed E-state index contributed by atoms with van der Waals surface area (Å²) >= 11 is 0. The van der Waals surface area contributed by atoms with Gasteiger partial charge < -0.3 is 16.0 Å². The van der Waals surface area contributed by atoms with Gasteiger partial charge in [0, 0.05) is 24.0 Å². The van der Waals surface area contributed by atoms with E-state index >= 15 is 0 Å². The van der Waals surface area contributed by atoms with Crippen LogP contribution in [0.3, 0.4) is 0 Å². The first kappa shape index (κ1) is 19.9. The number of nitrogens with two attached hydrogens (primary N) is 1. The standard InChI is InChI=1S/C20H19FN6O2/c1-3-27-11-20(2,26-17(23)19(27)29)14-8-13(5-6-15(14)21)25-18(28)16-7-4-12(9-22)10-24-16/h4-8,10H,3,11H2,1-2H3,(H2,23,26)(H,25,28). The minimum Gasteiger partial charge on any atom is -0.379 e. The molecule has 1 unspecified atom stereocenters. The molecular weight excluding hydrogens is 375 g/mol. The van der Waals surface area contributed by atoms with Crippen molar-refractivity contribution in [2.75, 3.05) is 18.4 Å². The van der Waals surface area contributed by atoms with Crippen molar-refractivity contribution in [2.24, 2.45) is 10.7 Å². The highest BCUT2D eigenvalue weighted by Gasteiger charge is 2.38. The molecule has 1 aromatic heterocycles. The quantitative estimate of drug-likeness (QED) is 0.818. The first-order valence-corrected chi connectivity index (χ1v) is 8.89. The van der Waals surface area contributed by atoms with E-state index in [9.17, 15) is 14.0 Å². The molecule has 1 aliphatic rings. The van der Waals surface area contributed by atoms with Gasteiger partial charge in [-0.05, 0) is 44.2 Å². The lowest BCUT2D eigenvalue weighted by Gasteiger charge is -2.37. The molecule has 3 rings (SSSR count). The SMILES string of the molecule is CCN1CC(C)(c2cc(NC(=O)c3ccc(C#N)cn3)ccc2F)N=C(N)C1=O. The van der Waals surface area contributed by atoms with Crippen LogP contribution in [0.5, 0.6) is 0 Å². The largest absolute Gasteiger partial charge is 0.379 e. The molecule has 2 aromatic rings. The summed E-state index contributed by atoms with van der Waals surface area (Å²) in [6.45, 7) is 4.05. The van der Waals surface area contributed by atoms with Gasteiger partial charge in [0.05, 0.1) is 12.1 Å². The highest BCUT2D eigenvalue weighted by Crippen LogP contribution is 2.33. The highest BCUT2D eigenvalue weighted by molar-refractivity contribution is 6.37. The van der Waals surface area contributed by atoms with Crippen LogP contribution in [0, 0.1) is 17.1 Å². The van der Waals surface area contributed by atoms with Crippen LogP contribution in [0.15, 0.2) is 41.5 Å². The normalized spacial score (nSPS) is 18.8. The number of hydrogen-bond acceptors (Lipinski definition) is 6. The highest BCUT2D eigenvalue weighted by atomic mass is 19.1. The van der Waals surface area contributed by atoms with Crippen LogP contribution in [0.2, 0.25) is 0 Å². The Hall–Kier alpha value is -3.80. The molecule has 0 spiro atoms. The summed E-state index contributed by atoms with van der Waals surface area (Å²) in [6.07, 6.45) is 1.29. The number of carbonyl (C=O) groups excluding carboxylic acids is 2. The minimum absolute atomic E-state index is 0.115. The van der Waals surface area contributed by atoms with Gasteiger partial charge in [-0.2, -0.15) is 5.26 Å². The van der Waals surface area contributed by atoms with Crippen LogP contribution in [0.25, 0.3) is 0 Å². The van der Waals surface area contributed by atoms with E-state index in [2.05, 4.69) is 15.3 Å². The number of rotatable bonds is 4. The number of carbonyl (C=O) groups is 2. The molecule has 3 N–H and O–H groups in total. The number of nitriles is 1. The van der Waals surface area contributed by atoms with Gasteiger partial charge in [-0.3, -0.25) is 14.6 Å². The molecule has 148 valence electrons. The van der Waals surface area contributed by atoms with E-state index in [1.54, 1.807) is 13.8 Å². The smallest absolute Gasteiger partial charge is 0.288 e.